The van der Waals surface area contributed by atoms with Gasteiger partial charge in [0.1, 0.15) is 6.61 Å². The van der Waals surface area contributed by atoms with E-state index in [0.29, 0.717) is 7.14 Å². The van der Waals surface area contributed by atoms with E-state index < -0.39 is 30.5 Å². The summed E-state index contributed by atoms with van der Waals surface area (Å²) in [7, 11) is 2.83. The van der Waals surface area contributed by atoms with Gasteiger partial charge in [-0.3, -0.25) is 9.59 Å². The van der Waals surface area contributed by atoms with Crippen molar-refractivity contribution in [3.8, 4) is 0 Å². The molecule has 1 rings (SSSR count). The van der Waals surface area contributed by atoms with Crippen LogP contribution in [0.25, 0.3) is 0 Å². The zero-order chi connectivity index (χ0) is 20.9. The number of methoxy groups -OCH3 is 1. The molecule has 1 aromatic rings. The Labute approximate surface area is 196 Å². The number of amides is 2. The average Bonchev–Trinajstić information content (AvgIpc) is 2.59. The molecule has 27 heavy (non-hydrogen) atoms. The summed E-state index contributed by atoms with van der Waals surface area (Å²) in [5.74, 6) is -2.27. The second-order valence-corrected chi connectivity index (χ2v) is 8.51. The first-order chi connectivity index (χ1) is 12.6. The van der Waals surface area contributed by atoms with Crippen molar-refractivity contribution in [2.24, 2.45) is 0 Å². The van der Waals surface area contributed by atoms with Crippen LogP contribution in [0.1, 0.15) is 20.7 Å². The van der Waals surface area contributed by atoms with Crippen molar-refractivity contribution in [2.75, 3.05) is 38.8 Å². The Hall–Kier alpha value is -0.300. The van der Waals surface area contributed by atoms with Crippen molar-refractivity contribution in [3.63, 3.8) is 0 Å². The van der Waals surface area contributed by atoms with Gasteiger partial charge < -0.3 is 30.3 Å². The summed E-state index contributed by atoms with van der Waals surface area (Å²) in [5, 5.41) is 30.4. The van der Waals surface area contributed by atoms with Crippen LogP contribution < -0.4 is 10.2 Å². The first-order valence-corrected chi connectivity index (χ1v) is 10.6. The fourth-order valence-corrected chi connectivity index (χ4v) is 6.88. The first-order valence-electron chi connectivity index (χ1n) is 7.34. The predicted molar refractivity (Wildman–Crippen MR) is 122 cm³/mol. The number of aliphatic hydroxyl groups excluding tert-OH is 2. The van der Waals surface area contributed by atoms with Crippen molar-refractivity contribution in [2.45, 2.75) is 6.10 Å². The van der Waals surface area contributed by atoms with Gasteiger partial charge in [0.2, 0.25) is 0 Å². The molecule has 150 valence electrons. The number of nitrogens with one attached hydrogen (secondary N) is 1. The quantitative estimate of drug-likeness (QED) is 0.294. The van der Waals surface area contributed by atoms with Crippen LogP contribution >= 0.6 is 67.8 Å². The number of likely N-dealkylation sites (N-methyl/N-ethyl adjacent to an activating group) is 1. The van der Waals surface area contributed by atoms with Gasteiger partial charge in [-0.2, -0.15) is 0 Å². The molecular formula is C15H17I3N2O7. The Morgan fingerprint density at radius 3 is 2.19 bits per heavy atom. The summed E-state index contributed by atoms with van der Waals surface area (Å²) in [6.07, 6.45) is -1.14. The molecule has 1 aromatic carbocycles. The number of carbonyl (C=O) groups excluding carboxylic acids is 2. The van der Waals surface area contributed by atoms with E-state index >= 15 is 0 Å². The van der Waals surface area contributed by atoms with Gasteiger partial charge in [-0.1, -0.05) is 0 Å². The van der Waals surface area contributed by atoms with E-state index in [1.807, 2.05) is 45.2 Å². The molecule has 0 aliphatic carbocycles. The predicted octanol–water partition coefficient (Wildman–Crippen LogP) is 0.891. The molecule has 0 heterocycles. The van der Waals surface area contributed by atoms with Crippen LogP contribution in [0.5, 0.6) is 0 Å². The van der Waals surface area contributed by atoms with E-state index in [0.717, 1.165) is 0 Å². The maximum Gasteiger partial charge on any atom is 0.337 e. The Morgan fingerprint density at radius 1 is 1.15 bits per heavy atom. The van der Waals surface area contributed by atoms with Crippen LogP contribution in [0.3, 0.4) is 0 Å². The standard InChI is InChI=1S/C15H17I3N2O7/c1-20(7(23)5-27-2)13-11(17)8(14(24)19-3-6(22)4-21)10(16)9(12(13)18)15(25)26/h6,21-22H,3-5H2,1-2H3,(H,19,24)(H,25,26). The molecule has 0 radical (unpaired) electrons. The number of aromatic carboxylic acids is 1. The number of carboxylic acid groups (broad SMARTS) is 1. The topological polar surface area (TPSA) is 136 Å². The molecule has 0 aromatic heterocycles. The normalized spacial score (nSPS) is 11.8. The number of carbonyl (C=O) groups is 3. The van der Waals surface area contributed by atoms with Gasteiger partial charge in [-0.25, -0.2) is 4.79 Å². The van der Waals surface area contributed by atoms with E-state index in [4.69, 9.17) is 9.84 Å². The minimum atomic E-state index is -1.24. The number of halogens is 3. The number of nitrogens with zero attached hydrogens (tertiary/aromatic N) is 1. The summed E-state index contributed by atoms with van der Waals surface area (Å²) < 4.78 is 5.74. The van der Waals surface area contributed by atoms with Crippen LogP contribution in [0.4, 0.5) is 5.69 Å². The Bertz CT molecular complexity index is 758. The van der Waals surface area contributed by atoms with Crippen molar-refractivity contribution in [3.05, 3.63) is 21.8 Å². The van der Waals surface area contributed by atoms with Gasteiger partial charge in [0.05, 0.1) is 36.7 Å². The number of carboxylic acids is 1. The second-order valence-electron chi connectivity index (χ2n) is 5.28. The highest BCUT2D eigenvalue weighted by Crippen LogP contribution is 2.37. The molecule has 0 saturated heterocycles. The zero-order valence-electron chi connectivity index (χ0n) is 14.3. The molecule has 2 amide bonds. The third-order valence-electron chi connectivity index (χ3n) is 3.42. The van der Waals surface area contributed by atoms with Gasteiger partial charge in [-0.05, 0) is 67.8 Å². The summed E-state index contributed by atoms with van der Waals surface area (Å²) in [5.41, 5.74) is 0.256. The number of hydrogen-bond donors (Lipinski definition) is 4. The summed E-state index contributed by atoms with van der Waals surface area (Å²) in [6.45, 7) is -0.939. The summed E-state index contributed by atoms with van der Waals surface area (Å²) in [4.78, 5) is 37.9. The summed E-state index contributed by atoms with van der Waals surface area (Å²) in [6, 6.07) is 0. The van der Waals surface area contributed by atoms with Crippen LogP contribution in [0.2, 0.25) is 0 Å². The van der Waals surface area contributed by atoms with Gasteiger partial charge in [-0.15, -0.1) is 0 Å². The minimum absolute atomic E-state index is 0.0752. The highest BCUT2D eigenvalue weighted by Gasteiger charge is 2.30. The Kier molecular flexibility index (Phi) is 10.1. The molecule has 4 N–H and O–H groups in total. The fourth-order valence-electron chi connectivity index (χ4n) is 2.04. The minimum Gasteiger partial charge on any atom is -0.478 e. The third kappa shape index (κ3) is 5.84. The van der Waals surface area contributed by atoms with Gasteiger partial charge in [0, 0.05) is 24.3 Å². The van der Waals surface area contributed by atoms with E-state index in [9.17, 15) is 24.6 Å². The zero-order valence-corrected chi connectivity index (χ0v) is 20.7. The van der Waals surface area contributed by atoms with Gasteiger partial charge in [0.15, 0.2) is 0 Å². The van der Waals surface area contributed by atoms with Crippen LogP contribution in [-0.4, -0.2) is 73.1 Å². The first kappa shape index (κ1) is 24.7. The molecule has 9 nitrogen and oxygen atoms in total. The number of anilines is 1. The molecule has 0 bridgehead atoms. The lowest BCUT2D eigenvalue weighted by Gasteiger charge is -2.24. The van der Waals surface area contributed by atoms with Crippen LogP contribution in [0, 0.1) is 10.7 Å². The molecule has 0 fully saturated rings. The summed E-state index contributed by atoms with van der Waals surface area (Å²) >= 11 is 5.49. The number of aliphatic hydroxyl groups is 2. The van der Waals surface area contributed by atoms with Crippen molar-refractivity contribution in [1.82, 2.24) is 5.32 Å². The molecule has 1 atom stereocenters. The highest BCUT2D eigenvalue weighted by atomic mass is 127. The monoisotopic (exact) mass is 718 g/mol. The molecule has 0 aliphatic rings. The van der Waals surface area contributed by atoms with Crippen molar-refractivity contribution < 1.29 is 34.4 Å². The molecule has 0 aliphatic heterocycles. The Morgan fingerprint density at radius 2 is 1.70 bits per heavy atom. The van der Waals surface area contributed by atoms with Gasteiger partial charge in [0.25, 0.3) is 11.8 Å². The second kappa shape index (κ2) is 11.0. The fraction of sp³-hybridized carbons (Fsp3) is 0.400. The average molecular weight is 718 g/mol. The smallest absolute Gasteiger partial charge is 0.337 e. The number of hydrogen-bond acceptors (Lipinski definition) is 6. The lowest BCUT2D eigenvalue weighted by molar-refractivity contribution is -0.121. The number of benzene rings is 1. The molecular weight excluding hydrogens is 701 g/mol. The third-order valence-corrected chi connectivity index (χ3v) is 6.60. The largest absolute Gasteiger partial charge is 0.478 e. The molecule has 1 unspecified atom stereocenters. The lowest BCUT2D eigenvalue weighted by Crippen LogP contribution is -2.36. The number of ether oxygens (including phenoxy) is 1. The maximum atomic E-state index is 12.6. The molecule has 0 spiro atoms. The number of rotatable bonds is 8. The molecule has 0 saturated carbocycles. The van der Waals surface area contributed by atoms with E-state index in [-0.39, 0.29) is 33.5 Å². The van der Waals surface area contributed by atoms with Gasteiger partial charge >= 0.3 is 5.97 Å². The SMILES string of the molecule is COCC(=O)N(C)c1c(I)c(C(=O)O)c(I)c(C(=O)NCC(O)CO)c1I. The van der Waals surface area contributed by atoms with E-state index in [1.165, 1.54) is 19.1 Å². The van der Waals surface area contributed by atoms with Crippen molar-refractivity contribution in [1.29, 1.82) is 0 Å². The van der Waals surface area contributed by atoms with Crippen molar-refractivity contribution >= 4 is 91.2 Å². The van der Waals surface area contributed by atoms with Crippen LogP contribution in [0.15, 0.2) is 0 Å². The van der Waals surface area contributed by atoms with E-state index in [1.54, 1.807) is 22.6 Å². The lowest BCUT2D eigenvalue weighted by atomic mass is 10.1. The maximum absolute atomic E-state index is 12.6. The molecule has 12 heteroatoms. The van der Waals surface area contributed by atoms with E-state index in [2.05, 4.69) is 5.32 Å². The Balaban J connectivity index is 3.57. The highest BCUT2D eigenvalue weighted by molar-refractivity contribution is 14.1. The van der Waals surface area contributed by atoms with Crippen LogP contribution in [-0.2, 0) is 9.53 Å².